The Balaban J connectivity index is 1.67. The maximum atomic E-state index is 8.76. The van der Waals surface area contributed by atoms with Gasteiger partial charge in [0.2, 0.25) is 11.8 Å². The highest BCUT2D eigenvalue weighted by Gasteiger charge is 2.21. The maximum absolute atomic E-state index is 8.76. The molecule has 0 amide bonds. The molecule has 0 radical (unpaired) electrons. The number of rotatable bonds is 3. The van der Waals surface area contributed by atoms with Gasteiger partial charge in [-0.2, -0.15) is 10.2 Å². The van der Waals surface area contributed by atoms with Crippen molar-refractivity contribution in [2.45, 2.75) is 0 Å². The minimum atomic E-state index is 0.322. The number of halogens is 1. The fourth-order valence-corrected chi connectivity index (χ4v) is 2.68. The second-order valence-corrected chi connectivity index (χ2v) is 5.74. The van der Waals surface area contributed by atoms with E-state index in [4.69, 9.17) is 10.00 Å². The lowest BCUT2D eigenvalue weighted by atomic mass is 10.3. The van der Waals surface area contributed by atoms with Gasteiger partial charge < -0.3 is 14.5 Å². The van der Waals surface area contributed by atoms with Crippen LogP contribution in [0.4, 0.5) is 11.8 Å². The van der Waals surface area contributed by atoms with Crippen molar-refractivity contribution in [3.05, 3.63) is 28.5 Å². The Kier molecular flexibility index (Phi) is 4.52. The summed E-state index contributed by atoms with van der Waals surface area (Å²) >= 11 is 3.35. The fraction of sp³-hybridized carbons (Fsp3) is 0.357. The summed E-state index contributed by atoms with van der Waals surface area (Å²) in [6, 6.07) is 5.47. The van der Waals surface area contributed by atoms with Gasteiger partial charge in [-0.1, -0.05) is 0 Å². The van der Waals surface area contributed by atoms with E-state index in [9.17, 15) is 0 Å². The van der Waals surface area contributed by atoms with Gasteiger partial charge in [-0.05, 0) is 28.1 Å². The molecule has 0 atom stereocenters. The fourth-order valence-electron chi connectivity index (χ4n) is 2.33. The molecular formula is C14H14BrN7O. The van der Waals surface area contributed by atoms with Gasteiger partial charge in [-0.25, -0.2) is 4.98 Å². The second-order valence-electron chi connectivity index (χ2n) is 4.89. The van der Waals surface area contributed by atoms with Crippen molar-refractivity contribution in [3.8, 4) is 11.9 Å². The molecule has 3 heterocycles. The van der Waals surface area contributed by atoms with Crippen LogP contribution in [0.15, 0.2) is 22.8 Å². The van der Waals surface area contributed by atoms with E-state index < -0.39 is 0 Å². The van der Waals surface area contributed by atoms with Crippen LogP contribution in [0.1, 0.15) is 5.69 Å². The molecule has 0 N–H and O–H groups in total. The molecule has 0 aliphatic carbocycles. The van der Waals surface area contributed by atoms with Gasteiger partial charge in [-0.3, -0.25) is 0 Å². The first-order chi connectivity index (χ1) is 11.2. The standard InChI is InChI=1S/C14H14BrN7O/c1-23-13-11(15)9-17-14(18-13)22-6-4-21(5-7-22)12-3-2-10(8-16)19-20-12/h2-3,9H,4-7H2,1H3. The number of piperazine rings is 1. The summed E-state index contributed by atoms with van der Waals surface area (Å²) in [5, 5.41) is 16.7. The van der Waals surface area contributed by atoms with E-state index in [0.29, 0.717) is 17.5 Å². The summed E-state index contributed by atoms with van der Waals surface area (Å²) in [5.74, 6) is 1.95. The molecule has 9 heteroatoms. The van der Waals surface area contributed by atoms with Crippen LogP contribution < -0.4 is 14.5 Å². The topological polar surface area (TPSA) is 91.1 Å². The summed E-state index contributed by atoms with van der Waals surface area (Å²) in [6.07, 6.45) is 1.69. The van der Waals surface area contributed by atoms with Crippen molar-refractivity contribution in [2.75, 3.05) is 43.1 Å². The van der Waals surface area contributed by atoms with Crippen molar-refractivity contribution in [2.24, 2.45) is 0 Å². The Morgan fingerprint density at radius 1 is 1.17 bits per heavy atom. The number of anilines is 2. The zero-order chi connectivity index (χ0) is 16.2. The Bertz CT molecular complexity index is 723. The zero-order valence-corrected chi connectivity index (χ0v) is 14.1. The third-order valence-corrected chi connectivity index (χ3v) is 4.09. The first-order valence-corrected chi connectivity index (χ1v) is 7.81. The average Bonchev–Trinajstić information content (AvgIpc) is 2.62. The minimum Gasteiger partial charge on any atom is -0.480 e. The van der Waals surface area contributed by atoms with Gasteiger partial charge >= 0.3 is 0 Å². The monoisotopic (exact) mass is 375 g/mol. The molecular weight excluding hydrogens is 362 g/mol. The predicted molar refractivity (Wildman–Crippen MR) is 87.5 cm³/mol. The lowest BCUT2D eigenvalue weighted by Gasteiger charge is -2.35. The third kappa shape index (κ3) is 3.32. The molecule has 0 bridgehead atoms. The average molecular weight is 376 g/mol. The first kappa shape index (κ1) is 15.4. The number of aromatic nitrogens is 4. The largest absolute Gasteiger partial charge is 0.480 e. The van der Waals surface area contributed by atoms with E-state index in [2.05, 4.69) is 45.9 Å². The Labute approximate surface area is 141 Å². The Hall–Kier alpha value is -2.47. The SMILES string of the molecule is COc1nc(N2CCN(c3ccc(C#N)nn3)CC2)ncc1Br. The van der Waals surface area contributed by atoms with Gasteiger partial charge in [0, 0.05) is 26.2 Å². The minimum absolute atomic E-state index is 0.322. The first-order valence-electron chi connectivity index (χ1n) is 7.01. The van der Waals surface area contributed by atoms with E-state index in [-0.39, 0.29) is 0 Å². The van der Waals surface area contributed by atoms with Crippen LogP contribution in [0.2, 0.25) is 0 Å². The summed E-state index contributed by atoms with van der Waals surface area (Å²) in [7, 11) is 1.58. The third-order valence-electron chi connectivity index (χ3n) is 3.54. The lowest BCUT2D eigenvalue weighted by Crippen LogP contribution is -2.47. The molecule has 2 aromatic rings. The molecule has 3 rings (SSSR count). The predicted octanol–water partition coefficient (Wildman–Crippen LogP) is 1.24. The van der Waals surface area contributed by atoms with Crippen LogP contribution in [0.5, 0.6) is 5.88 Å². The lowest BCUT2D eigenvalue weighted by molar-refractivity contribution is 0.393. The van der Waals surface area contributed by atoms with E-state index >= 15 is 0 Å². The highest BCUT2D eigenvalue weighted by atomic mass is 79.9. The quantitative estimate of drug-likeness (QED) is 0.790. The summed E-state index contributed by atoms with van der Waals surface area (Å²) in [6.45, 7) is 3.10. The molecule has 1 aliphatic heterocycles. The normalized spacial score (nSPS) is 14.5. The molecule has 0 saturated carbocycles. The van der Waals surface area contributed by atoms with Gasteiger partial charge in [0.05, 0.1) is 17.8 Å². The number of hydrogen-bond donors (Lipinski definition) is 0. The molecule has 1 fully saturated rings. The highest BCUT2D eigenvalue weighted by molar-refractivity contribution is 9.10. The van der Waals surface area contributed by atoms with Crippen LogP contribution in [0, 0.1) is 11.3 Å². The molecule has 0 unspecified atom stereocenters. The van der Waals surface area contributed by atoms with Gasteiger partial charge in [0.15, 0.2) is 11.5 Å². The van der Waals surface area contributed by atoms with E-state index in [0.717, 1.165) is 36.5 Å². The molecule has 8 nitrogen and oxygen atoms in total. The zero-order valence-electron chi connectivity index (χ0n) is 12.5. The van der Waals surface area contributed by atoms with Crippen molar-refractivity contribution in [1.82, 2.24) is 20.2 Å². The number of nitrogens with zero attached hydrogens (tertiary/aromatic N) is 7. The van der Waals surface area contributed by atoms with Crippen LogP contribution >= 0.6 is 15.9 Å². The summed E-state index contributed by atoms with van der Waals surface area (Å²) < 4.78 is 5.94. The van der Waals surface area contributed by atoms with Crippen molar-refractivity contribution >= 4 is 27.7 Å². The molecule has 0 spiro atoms. The number of hydrogen-bond acceptors (Lipinski definition) is 8. The van der Waals surface area contributed by atoms with Crippen LogP contribution in [0.3, 0.4) is 0 Å². The van der Waals surface area contributed by atoms with Crippen LogP contribution in [-0.4, -0.2) is 53.5 Å². The van der Waals surface area contributed by atoms with Crippen molar-refractivity contribution < 1.29 is 4.74 Å². The molecule has 2 aromatic heterocycles. The second kappa shape index (κ2) is 6.75. The van der Waals surface area contributed by atoms with E-state index in [1.54, 1.807) is 19.4 Å². The maximum Gasteiger partial charge on any atom is 0.232 e. The molecule has 0 aromatic carbocycles. The number of nitriles is 1. The van der Waals surface area contributed by atoms with Crippen molar-refractivity contribution in [1.29, 1.82) is 5.26 Å². The molecule has 118 valence electrons. The van der Waals surface area contributed by atoms with Crippen LogP contribution in [0.25, 0.3) is 0 Å². The van der Waals surface area contributed by atoms with E-state index in [1.807, 2.05) is 12.1 Å². The van der Waals surface area contributed by atoms with E-state index in [1.165, 1.54) is 0 Å². The van der Waals surface area contributed by atoms with Gasteiger partial charge in [-0.15, -0.1) is 10.2 Å². The van der Waals surface area contributed by atoms with Gasteiger partial charge in [0.1, 0.15) is 6.07 Å². The summed E-state index contributed by atoms with van der Waals surface area (Å²) in [4.78, 5) is 13.0. The number of ether oxygens (including phenoxy) is 1. The smallest absolute Gasteiger partial charge is 0.232 e. The van der Waals surface area contributed by atoms with Crippen molar-refractivity contribution in [3.63, 3.8) is 0 Å². The van der Waals surface area contributed by atoms with Crippen LogP contribution in [-0.2, 0) is 0 Å². The Morgan fingerprint density at radius 3 is 2.52 bits per heavy atom. The molecule has 1 saturated heterocycles. The number of methoxy groups -OCH3 is 1. The highest BCUT2D eigenvalue weighted by Crippen LogP contribution is 2.24. The van der Waals surface area contributed by atoms with Gasteiger partial charge in [0.25, 0.3) is 0 Å². The summed E-state index contributed by atoms with van der Waals surface area (Å²) in [5.41, 5.74) is 0.322. The molecule has 1 aliphatic rings. The molecule has 23 heavy (non-hydrogen) atoms. The Morgan fingerprint density at radius 2 is 1.91 bits per heavy atom.